The number of carbonyl (C=O) groups excluding carboxylic acids is 2. The van der Waals surface area contributed by atoms with Crippen molar-refractivity contribution in [2.45, 2.75) is 6.42 Å². The van der Waals surface area contributed by atoms with E-state index in [1.165, 1.54) is 24.5 Å². The van der Waals surface area contributed by atoms with E-state index in [1.807, 2.05) is 6.07 Å². The molecular formula is C25H17FN2O4. The molecule has 0 spiro atoms. The van der Waals surface area contributed by atoms with E-state index in [4.69, 9.17) is 8.83 Å². The summed E-state index contributed by atoms with van der Waals surface area (Å²) in [6.07, 6.45) is 1.37. The van der Waals surface area contributed by atoms with Crippen LogP contribution in [0.5, 0.6) is 0 Å². The lowest BCUT2D eigenvalue weighted by atomic mass is 10.1. The molecule has 2 N–H and O–H groups in total. The van der Waals surface area contributed by atoms with Gasteiger partial charge >= 0.3 is 0 Å². The van der Waals surface area contributed by atoms with Gasteiger partial charge in [0.25, 0.3) is 5.91 Å². The summed E-state index contributed by atoms with van der Waals surface area (Å²) in [6, 6.07) is 20.1. The van der Waals surface area contributed by atoms with Crippen LogP contribution in [-0.4, -0.2) is 11.8 Å². The summed E-state index contributed by atoms with van der Waals surface area (Å²) in [6.45, 7) is 0. The van der Waals surface area contributed by atoms with Crippen LogP contribution in [0.15, 0.2) is 87.9 Å². The monoisotopic (exact) mass is 428 g/mol. The molecule has 5 rings (SSSR count). The minimum absolute atomic E-state index is 0.00787. The maximum atomic E-state index is 13.6. The highest BCUT2D eigenvalue weighted by atomic mass is 19.1. The Morgan fingerprint density at radius 2 is 1.62 bits per heavy atom. The van der Waals surface area contributed by atoms with Gasteiger partial charge in [-0.3, -0.25) is 9.59 Å². The van der Waals surface area contributed by atoms with Gasteiger partial charge < -0.3 is 19.5 Å². The predicted octanol–water partition coefficient (Wildman–Crippen LogP) is 5.75. The fraction of sp³-hybridized carbons (Fsp3) is 0.0400. The second-order valence-electron chi connectivity index (χ2n) is 7.25. The van der Waals surface area contributed by atoms with Crippen LogP contribution < -0.4 is 10.6 Å². The molecule has 5 aromatic rings. The third-order valence-electron chi connectivity index (χ3n) is 5.06. The molecule has 158 valence electrons. The van der Waals surface area contributed by atoms with Crippen molar-refractivity contribution in [1.82, 2.24) is 0 Å². The highest BCUT2D eigenvalue weighted by molar-refractivity contribution is 6.14. The number of hydrogen-bond acceptors (Lipinski definition) is 4. The highest BCUT2D eigenvalue weighted by Crippen LogP contribution is 2.32. The van der Waals surface area contributed by atoms with Gasteiger partial charge in [-0.25, -0.2) is 4.39 Å². The van der Waals surface area contributed by atoms with Crippen molar-refractivity contribution in [2.24, 2.45) is 0 Å². The first-order valence-corrected chi connectivity index (χ1v) is 9.92. The van der Waals surface area contributed by atoms with Gasteiger partial charge in [0.05, 0.1) is 12.7 Å². The zero-order valence-corrected chi connectivity index (χ0v) is 16.7. The van der Waals surface area contributed by atoms with E-state index in [1.54, 1.807) is 48.5 Å². The molecule has 0 aliphatic carbocycles. The Balaban J connectivity index is 1.45. The van der Waals surface area contributed by atoms with E-state index in [0.29, 0.717) is 33.2 Å². The molecule has 2 aromatic heterocycles. The number of nitrogens with one attached hydrogen (secondary N) is 2. The van der Waals surface area contributed by atoms with Gasteiger partial charge in [-0.15, -0.1) is 0 Å². The van der Waals surface area contributed by atoms with Gasteiger partial charge in [0.15, 0.2) is 0 Å². The topological polar surface area (TPSA) is 84.5 Å². The number of furan rings is 2. The number of para-hydroxylation sites is 2. The lowest BCUT2D eigenvalue weighted by Crippen LogP contribution is -2.18. The van der Waals surface area contributed by atoms with E-state index in [2.05, 4.69) is 10.6 Å². The van der Waals surface area contributed by atoms with E-state index < -0.39 is 17.6 Å². The third kappa shape index (κ3) is 3.72. The van der Waals surface area contributed by atoms with Crippen molar-refractivity contribution >= 4 is 45.1 Å². The second-order valence-corrected chi connectivity index (χ2v) is 7.25. The lowest BCUT2D eigenvalue weighted by Gasteiger charge is -2.07. The number of hydrogen-bond donors (Lipinski definition) is 2. The van der Waals surface area contributed by atoms with Gasteiger partial charge in [0.1, 0.15) is 22.7 Å². The number of fused-ring (bicyclic) bond motifs is 2. The van der Waals surface area contributed by atoms with Crippen molar-refractivity contribution in [3.63, 3.8) is 0 Å². The average Bonchev–Trinajstić information content (AvgIpc) is 3.36. The van der Waals surface area contributed by atoms with Crippen molar-refractivity contribution < 1.29 is 22.8 Å². The molecule has 32 heavy (non-hydrogen) atoms. The summed E-state index contributed by atoms with van der Waals surface area (Å²) >= 11 is 0. The summed E-state index contributed by atoms with van der Waals surface area (Å²) < 4.78 is 24.8. The van der Waals surface area contributed by atoms with Crippen LogP contribution >= 0.6 is 0 Å². The molecule has 2 heterocycles. The third-order valence-corrected chi connectivity index (χ3v) is 5.06. The van der Waals surface area contributed by atoms with Crippen molar-refractivity contribution in [3.8, 4) is 0 Å². The second kappa shape index (κ2) is 8.03. The molecule has 0 aliphatic heterocycles. The van der Waals surface area contributed by atoms with E-state index in [-0.39, 0.29) is 17.9 Å². The van der Waals surface area contributed by atoms with Crippen molar-refractivity contribution in [2.75, 3.05) is 10.6 Å². The van der Waals surface area contributed by atoms with Gasteiger partial charge in [-0.2, -0.15) is 0 Å². The molecular weight excluding hydrogens is 411 g/mol. The first kappa shape index (κ1) is 19.6. The number of carbonyl (C=O) groups is 2. The SMILES string of the molecule is O=C(Cc1coc2ccc(F)cc12)Nc1c(C(=O)Nc2ccccc2)oc2ccccc12. The normalized spacial score (nSPS) is 11.0. The summed E-state index contributed by atoms with van der Waals surface area (Å²) in [5.41, 5.74) is 2.38. The molecule has 2 amide bonds. The average molecular weight is 428 g/mol. The molecule has 0 bridgehead atoms. The molecule has 6 nitrogen and oxygen atoms in total. The van der Waals surface area contributed by atoms with Crippen LogP contribution in [0.3, 0.4) is 0 Å². The fourth-order valence-corrected chi connectivity index (χ4v) is 3.59. The zero-order chi connectivity index (χ0) is 22.1. The Morgan fingerprint density at radius 3 is 2.47 bits per heavy atom. The molecule has 7 heteroatoms. The standard InChI is InChI=1S/C25H17FN2O4/c26-16-10-11-20-19(13-16)15(14-31-20)12-22(29)28-23-18-8-4-5-9-21(18)32-24(23)25(30)27-17-6-2-1-3-7-17/h1-11,13-14H,12H2,(H,27,30)(H,28,29). The molecule has 0 unspecified atom stereocenters. The van der Waals surface area contributed by atoms with Crippen LogP contribution in [0.4, 0.5) is 15.8 Å². The van der Waals surface area contributed by atoms with E-state index in [9.17, 15) is 14.0 Å². The molecule has 0 radical (unpaired) electrons. The number of halogens is 1. The van der Waals surface area contributed by atoms with Crippen LogP contribution in [0.1, 0.15) is 16.1 Å². The van der Waals surface area contributed by atoms with Crippen molar-refractivity contribution in [1.29, 1.82) is 0 Å². The Labute approximate surface area is 181 Å². The summed E-state index contributed by atoms with van der Waals surface area (Å²) in [5, 5.41) is 6.68. The van der Waals surface area contributed by atoms with Gasteiger partial charge in [-0.1, -0.05) is 30.3 Å². The minimum atomic E-state index is -0.487. The molecule has 0 saturated carbocycles. The van der Waals surface area contributed by atoms with Crippen LogP contribution in [0, 0.1) is 5.82 Å². The number of rotatable bonds is 5. The number of anilines is 2. The quantitative estimate of drug-likeness (QED) is 0.373. The zero-order valence-electron chi connectivity index (χ0n) is 16.7. The van der Waals surface area contributed by atoms with Crippen molar-refractivity contribution in [3.05, 3.63) is 96.2 Å². The Morgan fingerprint density at radius 1 is 0.844 bits per heavy atom. The maximum Gasteiger partial charge on any atom is 0.293 e. The van der Waals surface area contributed by atoms with Gasteiger partial charge in [-0.05, 0) is 42.5 Å². The fourth-order valence-electron chi connectivity index (χ4n) is 3.59. The number of amides is 2. The molecule has 0 atom stereocenters. The highest BCUT2D eigenvalue weighted by Gasteiger charge is 2.23. The van der Waals surface area contributed by atoms with E-state index in [0.717, 1.165) is 0 Å². The predicted molar refractivity (Wildman–Crippen MR) is 119 cm³/mol. The minimum Gasteiger partial charge on any atom is -0.464 e. The molecule has 3 aromatic carbocycles. The lowest BCUT2D eigenvalue weighted by molar-refractivity contribution is -0.115. The Hall–Kier alpha value is -4.39. The summed E-state index contributed by atoms with van der Waals surface area (Å²) in [4.78, 5) is 25.8. The first-order chi connectivity index (χ1) is 15.6. The van der Waals surface area contributed by atoms with Crippen LogP contribution in [0.25, 0.3) is 21.9 Å². The molecule has 0 aliphatic rings. The summed E-state index contributed by atoms with van der Waals surface area (Å²) in [5.74, 6) is -1.30. The Bertz CT molecular complexity index is 1450. The van der Waals surface area contributed by atoms with E-state index >= 15 is 0 Å². The smallest absolute Gasteiger partial charge is 0.293 e. The molecule has 0 saturated heterocycles. The van der Waals surface area contributed by atoms with Gasteiger partial charge in [0.2, 0.25) is 11.7 Å². The molecule has 0 fully saturated rings. The summed E-state index contributed by atoms with van der Waals surface area (Å²) in [7, 11) is 0. The number of benzene rings is 3. The van der Waals surface area contributed by atoms with Crippen LogP contribution in [-0.2, 0) is 11.2 Å². The first-order valence-electron chi connectivity index (χ1n) is 9.92. The largest absolute Gasteiger partial charge is 0.464 e. The Kier molecular flexibility index (Phi) is 4.91. The maximum absolute atomic E-state index is 13.6. The van der Waals surface area contributed by atoms with Gasteiger partial charge in [0, 0.05) is 22.0 Å². The van der Waals surface area contributed by atoms with Crippen LogP contribution in [0.2, 0.25) is 0 Å².